The lowest BCUT2D eigenvalue weighted by atomic mass is 9.98. The Morgan fingerprint density at radius 1 is 1.05 bits per heavy atom. The minimum Gasteiger partial charge on any atom is -0.322 e. The number of hydrogen-bond donors (Lipinski definition) is 1. The van der Waals surface area contributed by atoms with Crippen molar-refractivity contribution in [2.45, 2.75) is 26.7 Å². The van der Waals surface area contributed by atoms with E-state index in [4.69, 9.17) is 0 Å². The van der Waals surface area contributed by atoms with Crippen molar-refractivity contribution in [2.75, 3.05) is 5.32 Å². The van der Waals surface area contributed by atoms with Crippen LogP contribution in [0.1, 0.15) is 36.2 Å². The highest BCUT2D eigenvalue weighted by molar-refractivity contribution is 6.04. The van der Waals surface area contributed by atoms with Gasteiger partial charge >= 0.3 is 0 Å². The lowest BCUT2D eigenvalue weighted by Crippen LogP contribution is -2.11. The van der Waals surface area contributed by atoms with Crippen LogP contribution in [0.15, 0.2) is 54.6 Å². The normalized spacial score (nSPS) is 11.9. The lowest BCUT2D eigenvalue weighted by Gasteiger charge is -2.09. The van der Waals surface area contributed by atoms with Crippen LogP contribution in [0.5, 0.6) is 0 Å². The number of carbonyl (C=O) groups excluding carboxylic acids is 1. The van der Waals surface area contributed by atoms with Gasteiger partial charge in [-0.15, -0.1) is 0 Å². The minimum atomic E-state index is -0.0636. The topological polar surface area (TPSA) is 29.1 Å². The van der Waals surface area contributed by atoms with Gasteiger partial charge in [-0.3, -0.25) is 4.79 Å². The molecule has 2 nitrogen and oxygen atoms in total. The summed E-state index contributed by atoms with van der Waals surface area (Å²) < 4.78 is 0. The van der Waals surface area contributed by atoms with E-state index < -0.39 is 0 Å². The maximum atomic E-state index is 12.1. The van der Waals surface area contributed by atoms with Gasteiger partial charge in [-0.2, -0.15) is 0 Å². The molecule has 0 aliphatic rings. The zero-order chi connectivity index (χ0) is 14.4. The number of amides is 1. The Labute approximate surface area is 120 Å². The number of rotatable bonds is 5. The zero-order valence-electron chi connectivity index (χ0n) is 12.1. The van der Waals surface area contributed by atoms with Crippen LogP contribution >= 0.6 is 0 Å². The van der Waals surface area contributed by atoms with Crippen molar-refractivity contribution in [1.29, 1.82) is 0 Å². The van der Waals surface area contributed by atoms with Crippen LogP contribution in [0.25, 0.3) is 0 Å². The van der Waals surface area contributed by atoms with E-state index in [-0.39, 0.29) is 5.91 Å². The third kappa shape index (κ3) is 3.95. The molecule has 1 atom stereocenters. The van der Waals surface area contributed by atoms with Gasteiger partial charge in [0.2, 0.25) is 0 Å². The van der Waals surface area contributed by atoms with Crippen LogP contribution in [0.2, 0.25) is 0 Å². The van der Waals surface area contributed by atoms with Crippen molar-refractivity contribution in [3.63, 3.8) is 0 Å². The van der Waals surface area contributed by atoms with Gasteiger partial charge in [-0.25, -0.2) is 0 Å². The molecule has 0 aromatic heterocycles. The van der Waals surface area contributed by atoms with E-state index >= 15 is 0 Å². The Morgan fingerprint density at radius 3 is 2.30 bits per heavy atom. The Hall–Kier alpha value is -2.09. The second kappa shape index (κ2) is 6.90. The van der Waals surface area contributed by atoms with Crippen LogP contribution in [0.3, 0.4) is 0 Å². The highest BCUT2D eigenvalue weighted by atomic mass is 16.1. The molecule has 0 bridgehead atoms. The van der Waals surface area contributed by atoms with Gasteiger partial charge in [0.05, 0.1) is 0 Å². The molecule has 2 rings (SSSR count). The fraction of sp³-hybridized carbons (Fsp3) is 0.278. The van der Waals surface area contributed by atoms with Gasteiger partial charge in [-0.1, -0.05) is 50.6 Å². The molecular formula is C18H21NO. The predicted molar refractivity (Wildman–Crippen MR) is 84.0 cm³/mol. The molecule has 0 saturated carbocycles. The third-order valence-corrected chi connectivity index (χ3v) is 3.53. The number of nitrogens with one attached hydrogen (secondary N) is 1. The van der Waals surface area contributed by atoms with Gasteiger partial charge in [0.1, 0.15) is 0 Å². The third-order valence-electron chi connectivity index (χ3n) is 3.53. The molecule has 0 radical (unpaired) electrons. The first-order valence-electron chi connectivity index (χ1n) is 7.14. The molecule has 0 saturated heterocycles. The van der Waals surface area contributed by atoms with Gasteiger partial charge < -0.3 is 5.32 Å². The smallest absolute Gasteiger partial charge is 0.255 e. The fourth-order valence-corrected chi connectivity index (χ4v) is 2.06. The number of hydrogen-bond acceptors (Lipinski definition) is 1. The lowest BCUT2D eigenvalue weighted by molar-refractivity contribution is 0.102. The van der Waals surface area contributed by atoms with Crippen LogP contribution in [-0.4, -0.2) is 5.91 Å². The summed E-state index contributed by atoms with van der Waals surface area (Å²) in [5, 5.41) is 2.89. The molecule has 0 fully saturated rings. The fourth-order valence-electron chi connectivity index (χ4n) is 2.06. The van der Waals surface area contributed by atoms with Crippen molar-refractivity contribution in [1.82, 2.24) is 0 Å². The molecule has 0 aliphatic carbocycles. The number of para-hydroxylation sites is 1. The second-order valence-electron chi connectivity index (χ2n) is 5.23. The summed E-state index contributed by atoms with van der Waals surface area (Å²) >= 11 is 0. The Balaban J connectivity index is 2.01. The molecule has 0 spiro atoms. The molecule has 0 heterocycles. The van der Waals surface area contributed by atoms with E-state index in [1.165, 1.54) is 12.0 Å². The molecule has 20 heavy (non-hydrogen) atoms. The zero-order valence-corrected chi connectivity index (χ0v) is 12.1. The Morgan fingerprint density at radius 2 is 1.70 bits per heavy atom. The molecule has 2 aromatic rings. The SMILES string of the molecule is CCC(C)Cc1ccc(C(=O)Nc2ccccc2)cc1. The van der Waals surface area contributed by atoms with Gasteiger partial charge in [-0.05, 0) is 42.2 Å². The predicted octanol–water partition coefficient (Wildman–Crippen LogP) is 4.53. The van der Waals surface area contributed by atoms with Crippen LogP contribution < -0.4 is 5.32 Å². The van der Waals surface area contributed by atoms with Crippen molar-refractivity contribution >= 4 is 11.6 Å². The van der Waals surface area contributed by atoms with E-state index in [2.05, 4.69) is 19.2 Å². The summed E-state index contributed by atoms with van der Waals surface area (Å²) in [6, 6.07) is 17.4. The van der Waals surface area contributed by atoms with Gasteiger partial charge in [0.15, 0.2) is 0 Å². The molecule has 1 N–H and O–H groups in total. The summed E-state index contributed by atoms with van der Waals surface area (Å²) in [4.78, 5) is 12.1. The standard InChI is InChI=1S/C18H21NO/c1-3-14(2)13-15-9-11-16(12-10-15)18(20)19-17-7-5-4-6-8-17/h4-12,14H,3,13H2,1-2H3,(H,19,20). The Kier molecular flexibility index (Phi) is 4.94. The first-order valence-corrected chi connectivity index (χ1v) is 7.14. The molecular weight excluding hydrogens is 246 g/mol. The molecule has 1 amide bonds. The average molecular weight is 267 g/mol. The first-order chi connectivity index (χ1) is 9.69. The molecule has 0 aliphatic heterocycles. The van der Waals surface area contributed by atoms with Crippen molar-refractivity contribution in [3.8, 4) is 0 Å². The molecule has 1 unspecified atom stereocenters. The Bertz CT molecular complexity index is 545. The van der Waals surface area contributed by atoms with Crippen molar-refractivity contribution in [3.05, 3.63) is 65.7 Å². The number of anilines is 1. The molecule has 104 valence electrons. The molecule has 2 aromatic carbocycles. The van der Waals surface area contributed by atoms with Gasteiger partial charge in [0, 0.05) is 11.3 Å². The van der Waals surface area contributed by atoms with E-state index in [0.29, 0.717) is 11.5 Å². The van der Waals surface area contributed by atoms with Crippen molar-refractivity contribution < 1.29 is 4.79 Å². The van der Waals surface area contributed by atoms with E-state index in [0.717, 1.165) is 12.1 Å². The summed E-state index contributed by atoms with van der Waals surface area (Å²) in [6.45, 7) is 4.45. The van der Waals surface area contributed by atoms with Crippen LogP contribution in [0.4, 0.5) is 5.69 Å². The summed E-state index contributed by atoms with van der Waals surface area (Å²) in [6.07, 6.45) is 2.24. The summed E-state index contributed by atoms with van der Waals surface area (Å²) in [5.41, 5.74) is 2.80. The van der Waals surface area contributed by atoms with Crippen molar-refractivity contribution in [2.24, 2.45) is 5.92 Å². The van der Waals surface area contributed by atoms with Crippen LogP contribution in [0, 0.1) is 5.92 Å². The maximum Gasteiger partial charge on any atom is 0.255 e. The molecule has 2 heteroatoms. The highest BCUT2D eigenvalue weighted by Gasteiger charge is 2.06. The highest BCUT2D eigenvalue weighted by Crippen LogP contribution is 2.14. The quantitative estimate of drug-likeness (QED) is 0.847. The second-order valence-corrected chi connectivity index (χ2v) is 5.23. The van der Waals surface area contributed by atoms with E-state index in [1.807, 2.05) is 54.6 Å². The van der Waals surface area contributed by atoms with E-state index in [9.17, 15) is 4.79 Å². The summed E-state index contributed by atoms with van der Waals surface area (Å²) in [5.74, 6) is 0.616. The summed E-state index contributed by atoms with van der Waals surface area (Å²) in [7, 11) is 0. The number of benzene rings is 2. The number of carbonyl (C=O) groups is 1. The monoisotopic (exact) mass is 267 g/mol. The maximum absolute atomic E-state index is 12.1. The van der Waals surface area contributed by atoms with Crippen LogP contribution in [-0.2, 0) is 6.42 Å². The van der Waals surface area contributed by atoms with Gasteiger partial charge in [0.25, 0.3) is 5.91 Å². The first kappa shape index (κ1) is 14.3. The minimum absolute atomic E-state index is 0.0636. The largest absolute Gasteiger partial charge is 0.322 e. The average Bonchev–Trinajstić information content (AvgIpc) is 2.49. The van der Waals surface area contributed by atoms with E-state index in [1.54, 1.807) is 0 Å².